The van der Waals surface area contributed by atoms with Gasteiger partial charge in [-0.25, -0.2) is 4.98 Å². The number of methoxy groups -OCH3 is 1. The molecule has 0 amide bonds. The van der Waals surface area contributed by atoms with Gasteiger partial charge < -0.3 is 15.0 Å². The van der Waals surface area contributed by atoms with E-state index in [-0.39, 0.29) is 0 Å². The summed E-state index contributed by atoms with van der Waals surface area (Å²) in [6.07, 6.45) is 4.35. The second-order valence-electron chi connectivity index (χ2n) is 5.39. The lowest BCUT2D eigenvalue weighted by Crippen LogP contribution is -2.38. The number of halogens is 1. The van der Waals surface area contributed by atoms with Gasteiger partial charge in [0.15, 0.2) is 0 Å². The van der Waals surface area contributed by atoms with Crippen LogP contribution in [0, 0.1) is 12.8 Å². The van der Waals surface area contributed by atoms with E-state index < -0.39 is 0 Å². The maximum atomic E-state index is 5.05. The third-order valence-electron chi connectivity index (χ3n) is 3.89. The Morgan fingerprint density at radius 3 is 2.90 bits per heavy atom. The average molecular weight is 342 g/mol. The van der Waals surface area contributed by atoms with Crippen LogP contribution in [-0.2, 0) is 4.74 Å². The van der Waals surface area contributed by atoms with Gasteiger partial charge in [-0.1, -0.05) is 0 Å². The Bertz CT molecular complexity index is 420. The molecule has 1 aromatic heterocycles. The summed E-state index contributed by atoms with van der Waals surface area (Å²) in [5.41, 5.74) is 1.25. The van der Waals surface area contributed by atoms with Crippen molar-refractivity contribution in [3.63, 3.8) is 0 Å². The maximum absolute atomic E-state index is 5.05. The van der Waals surface area contributed by atoms with E-state index in [1.54, 1.807) is 7.11 Å². The first-order chi connectivity index (χ1) is 9.72. The average Bonchev–Trinajstić information content (AvgIpc) is 2.47. The first kappa shape index (κ1) is 15.7. The molecule has 0 saturated carbocycles. The molecule has 0 aromatic carbocycles. The lowest BCUT2D eigenvalue weighted by Gasteiger charge is -2.33. The van der Waals surface area contributed by atoms with Gasteiger partial charge in [-0.2, -0.15) is 0 Å². The van der Waals surface area contributed by atoms with Gasteiger partial charge >= 0.3 is 0 Å². The second-order valence-corrected chi connectivity index (χ2v) is 6.19. The van der Waals surface area contributed by atoms with E-state index in [0.29, 0.717) is 0 Å². The summed E-state index contributed by atoms with van der Waals surface area (Å²) < 4.78 is 6.18. The third-order valence-corrected chi connectivity index (χ3v) is 4.87. The number of anilines is 1. The van der Waals surface area contributed by atoms with Gasteiger partial charge in [0.2, 0.25) is 0 Å². The molecule has 2 rings (SSSR count). The predicted molar refractivity (Wildman–Crippen MR) is 86.4 cm³/mol. The highest BCUT2D eigenvalue weighted by molar-refractivity contribution is 9.10. The molecule has 0 spiro atoms. The van der Waals surface area contributed by atoms with Crippen LogP contribution in [0.5, 0.6) is 0 Å². The fourth-order valence-corrected chi connectivity index (χ4v) is 3.06. The van der Waals surface area contributed by atoms with Crippen LogP contribution in [0.15, 0.2) is 16.7 Å². The molecule has 4 nitrogen and oxygen atoms in total. The summed E-state index contributed by atoms with van der Waals surface area (Å²) in [5.74, 6) is 1.86. The number of rotatable bonds is 6. The van der Waals surface area contributed by atoms with Gasteiger partial charge in [-0.15, -0.1) is 0 Å². The summed E-state index contributed by atoms with van der Waals surface area (Å²) in [4.78, 5) is 6.91. The van der Waals surface area contributed by atoms with Gasteiger partial charge in [0.05, 0.1) is 11.1 Å². The summed E-state index contributed by atoms with van der Waals surface area (Å²) in [6.45, 7) is 7.12. The van der Waals surface area contributed by atoms with Gasteiger partial charge in [0.1, 0.15) is 5.82 Å². The van der Waals surface area contributed by atoms with E-state index in [0.717, 1.165) is 49.0 Å². The molecule has 1 N–H and O–H groups in total. The molecule has 0 bridgehead atoms. The third kappa shape index (κ3) is 4.17. The van der Waals surface area contributed by atoms with Crippen molar-refractivity contribution in [2.24, 2.45) is 5.92 Å². The molecule has 0 unspecified atom stereocenters. The molecule has 0 aliphatic carbocycles. The SMILES string of the molecule is COCCNCC1CCN(c2nccc(C)c2Br)CC1. The number of nitrogens with zero attached hydrogens (tertiary/aromatic N) is 2. The van der Waals surface area contributed by atoms with Crippen molar-refractivity contribution in [3.05, 3.63) is 22.3 Å². The van der Waals surface area contributed by atoms with Crippen molar-refractivity contribution in [1.82, 2.24) is 10.3 Å². The van der Waals surface area contributed by atoms with Crippen molar-refractivity contribution < 1.29 is 4.74 Å². The quantitative estimate of drug-likeness (QED) is 0.807. The zero-order valence-electron chi connectivity index (χ0n) is 12.4. The summed E-state index contributed by atoms with van der Waals surface area (Å²) in [7, 11) is 1.74. The van der Waals surface area contributed by atoms with Crippen LogP contribution < -0.4 is 10.2 Å². The molecule has 20 heavy (non-hydrogen) atoms. The largest absolute Gasteiger partial charge is 0.383 e. The maximum Gasteiger partial charge on any atom is 0.143 e. The molecule has 2 heterocycles. The first-order valence-electron chi connectivity index (χ1n) is 7.28. The standard InChI is InChI=1S/C15H24BrN3O/c1-12-3-6-18-15(14(12)16)19-8-4-13(5-9-19)11-17-7-10-20-2/h3,6,13,17H,4-5,7-11H2,1-2H3. The van der Waals surface area contributed by atoms with Crippen LogP contribution in [-0.4, -0.2) is 44.9 Å². The zero-order valence-corrected chi connectivity index (χ0v) is 13.9. The Balaban J connectivity index is 1.80. The summed E-state index contributed by atoms with van der Waals surface area (Å²) in [5, 5.41) is 3.46. The minimum Gasteiger partial charge on any atom is -0.383 e. The van der Waals surface area contributed by atoms with Crippen LogP contribution in [0.2, 0.25) is 0 Å². The first-order valence-corrected chi connectivity index (χ1v) is 8.07. The highest BCUT2D eigenvalue weighted by Crippen LogP contribution is 2.29. The highest BCUT2D eigenvalue weighted by Gasteiger charge is 2.21. The number of nitrogens with one attached hydrogen (secondary N) is 1. The summed E-state index contributed by atoms with van der Waals surface area (Å²) in [6, 6.07) is 2.04. The van der Waals surface area contributed by atoms with Crippen LogP contribution in [0.25, 0.3) is 0 Å². The molecule has 1 aliphatic heterocycles. The van der Waals surface area contributed by atoms with E-state index in [4.69, 9.17) is 4.74 Å². The smallest absolute Gasteiger partial charge is 0.143 e. The Hall–Kier alpha value is -0.650. The predicted octanol–water partition coefficient (Wildman–Crippen LogP) is 2.60. The van der Waals surface area contributed by atoms with Gasteiger partial charge in [0, 0.05) is 32.9 Å². The van der Waals surface area contributed by atoms with Crippen LogP contribution >= 0.6 is 15.9 Å². The second kappa shape index (κ2) is 7.96. The molecule has 0 radical (unpaired) electrons. The topological polar surface area (TPSA) is 37.4 Å². The van der Waals surface area contributed by atoms with Crippen molar-refractivity contribution in [2.75, 3.05) is 44.8 Å². The van der Waals surface area contributed by atoms with E-state index in [1.165, 1.54) is 18.4 Å². The molecule has 1 aromatic rings. The Labute approximate surface area is 130 Å². The van der Waals surface area contributed by atoms with Crippen LogP contribution in [0.1, 0.15) is 18.4 Å². The molecule has 1 aliphatic rings. The highest BCUT2D eigenvalue weighted by atomic mass is 79.9. The van der Waals surface area contributed by atoms with Crippen LogP contribution in [0.4, 0.5) is 5.82 Å². The van der Waals surface area contributed by atoms with Gasteiger partial charge in [-0.05, 0) is 59.8 Å². The molecule has 1 saturated heterocycles. The molecule has 5 heteroatoms. The number of ether oxygens (including phenoxy) is 1. The van der Waals surface area contributed by atoms with Gasteiger partial charge in [0.25, 0.3) is 0 Å². The fraction of sp³-hybridized carbons (Fsp3) is 0.667. The van der Waals surface area contributed by atoms with Crippen molar-refractivity contribution in [1.29, 1.82) is 0 Å². The van der Waals surface area contributed by atoms with E-state index >= 15 is 0 Å². The van der Waals surface area contributed by atoms with Crippen molar-refractivity contribution in [2.45, 2.75) is 19.8 Å². The number of hydrogen-bond donors (Lipinski definition) is 1. The summed E-state index contributed by atoms with van der Waals surface area (Å²) >= 11 is 3.66. The van der Waals surface area contributed by atoms with Crippen molar-refractivity contribution >= 4 is 21.7 Å². The Kier molecular flexibility index (Phi) is 6.26. The minimum absolute atomic E-state index is 0.770. The molecule has 1 fully saturated rings. The Morgan fingerprint density at radius 1 is 1.45 bits per heavy atom. The molecule has 112 valence electrons. The number of piperidine rings is 1. The molecular formula is C15H24BrN3O. The Morgan fingerprint density at radius 2 is 2.20 bits per heavy atom. The van der Waals surface area contributed by atoms with Crippen molar-refractivity contribution in [3.8, 4) is 0 Å². The van der Waals surface area contributed by atoms with E-state index in [2.05, 4.69) is 38.1 Å². The van der Waals surface area contributed by atoms with E-state index in [9.17, 15) is 0 Å². The minimum atomic E-state index is 0.770. The fourth-order valence-electron chi connectivity index (χ4n) is 2.58. The number of pyridine rings is 1. The monoisotopic (exact) mass is 341 g/mol. The normalized spacial score (nSPS) is 16.6. The lowest BCUT2D eigenvalue weighted by molar-refractivity contribution is 0.196. The lowest BCUT2D eigenvalue weighted by atomic mass is 9.96. The number of hydrogen-bond acceptors (Lipinski definition) is 4. The number of aromatic nitrogens is 1. The van der Waals surface area contributed by atoms with Crippen LogP contribution in [0.3, 0.4) is 0 Å². The molecule has 0 atom stereocenters. The molecular weight excluding hydrogens is 318 g/mol. The van der Waals surface area contributed by atoms with E-state index in [1.807, 2.05) is 12.3 Å². The zero-order chi connectivity index (χ0) is 14.4. The number of aryl methyl sites for hydroxylation is 1. The van der Waals surface area contributed by atoms with Gasteiger partial charge in [-0.3, -0.25) is 0 Å².